The summed E-state index contributed by atoms with van der Waals surface area (Å²) in [4.78, 5) is 23.5. The second-order valence-electron chi connectivity index (χ2n) is 4.65. The van der Waals surface area contributed by atoms with Crippen LogP contribution < -0.4 is 5.32 Å². The third kappa shape index (κ3) is 3.17. The quantitative estimate of drug-likeness (QED) is 0.677. The first-order chi connectivity index (χ1) is 9.61. The van der Waals surface area contributed by atoms with Gasteiger partial charge in [-0.3, -0.25) is 10.1 Å². The molecule has 0 aromatic heterocycles. The smallest absolute Gasteiger partial charge is 0.409 e. The highest BCUT2D eigenvalue weighted by Crippen LogP contribution is 2.26. The van der Waals surface area contributed by atoms with E-state index in [4.69, 9.17) is 0 Å². The van der Waals surface area contributed by atoms with E-state index in [0.717, 1.165) is 12.8 Å². The van der Waals surface area contributed by atoms with Crippen LogP contribution in [0.4, 0.5) is 16.2 Å². The topological polar surface area (TPSA) is 84.7 Å². The van der Waals surface area contributed by atoms with E-state index in [0.29, 0.717) is 18.8 Å². The van der Waals surface area contributed by atoms with Crippen molar-refractivity contribution in [3.05, 3.63) is 34.4 Å². The Bertz CT molecular complexity index is 498. The molecular formula is C13H17N3O4. The minimum Gasteiger partial charge on any atom is -0.453 e. The number of para-hydroxylation sites is 2. The highest BCUT2D eigenvalue weighted by molar-refractivity contribution is 5.67. The van der Waals surface area contributed by atoms with Crippen molar-refractivity contribution in [1.29, 1.82) is 0 Å². The molecule has 0 unspecified atom stereocenters. The van der Waals surface area contributed by atoms with Gasteiger partial charge in [0, 0.05) is 25.2 Å². The number of anilines is 1. The van der Waals surface area contributed by atoms with Crippen LogP contribution >= 0.6 is 0 Å². The van der Waals surface area contributed by atoms with Crippen molar-refractivity contribution >= 4 is 17.5 Å². The lowest BCUT2D eigenvalue weighted by Gasteiger charge is -2.31. The van der Waals surface area contributed by atoms with Crippen LogP contribution in [0.3, 0.4) is 0 Å². The van der Waals surface area contributed by atoms with E-state index in [-0.39, 0.29) is 17.8 Å². The summed E-state index contributed by atoms with van der Waals surface area (Å²) in [6.07, 6.45) is 1.15. The minimum absolute atomic E-state index is 0.0721. The van der Waals surface area contributed by atoms with Crippen molar-refractivity contribution < 1.29 is 14.5 Å². The predicted octanol–water partition coefficient (Wildman–Crippen LogP) is 2.24. The van der Waals surface area contributed by atoms with E-state index in [1.165, 1.54) is 13.2 Å². The molecule has 1 saturated heterocycles. The number of hydrogen-bond acceptors (Lipinski definition) is 5. The van der Waals surface area contributed by atoms with Gasteiger partial charge in [-0.1, -0.05) is 12.1 Å². The zero-order chi connectivity index (χ0) is 14.5. The van der Waals surface area contributed by atoms with Gasteiger partial charge in [0.2, 0.25) is 0 Å². The average molecular weight is 279 g/mol. The number of rotatable bonds is 3. The Morgan fingerprint density at radius 1 is 1.40 bits per heavy atom. The summed E-state index contributed by atoms with van der Waals surface area (Å²) in [6.45, 7) is 1.18. The van der Waals surface area contributed by atoms with Crippen LogP contribution in [0.1, 0.15) is 12.8 Å². The molecule has 20 heavy (non-hydrogen) atoms. The van der Waals surface area contributed by atoms with Crippen LogP contribution in [0, 0.1) is 10.1 Å². The predicted molar refractivity (Wildman–Crippen MR) is 73.7 cm³/mol. The molecule has 0 spiro atoms. The molecule has 0 bridgehead atoms. The Kier molecular flexibility index (Phi) is 4.39. The van der Waals surface area contributed by atoms with Crippen LogP contribution in [0.15, 0.2) is 24.3 Å². The van der Waals surface area contributed by atoms with Crippen molar-refractivity contribution in [2.45, 2.75) is 18.9 Å². The molecule has 1 heterocycles. The van der Waals surface area contributed by atoms with Gasteiger partial charge in [0.1, 0.15) is 5.69 Å². The third-order valence-electron chi connectivity index (χ3n) is 3.39. The molecule has 1 aliphatic heterocycles. The van der Waals surface area contributed by atoms with Gasteiger partial charge in [-0.2, -0.15) is 0 Å². The number of carbonyl (C=O) groups is 1. The number of nitro groups is 1. The van der Waals surface area contributed by atoms with Crippen molar-refractivity contribution in [2.75, 3.05) is 25.5 Å². The van der Waals surface area contributed by atoms with Gasteiger partial charge in [0.15, 0.2) is 0 Å². The minimum atomic E-state index is -0.397. The molecule has 1 aromatic rings. The first-order valence-electron chi connectivity index (χ1n) is 6.44. The summed E-state index contributed by atoms with van der Waals surface area (Å²) in [6, 6.07) is 6.70. The number of hydrogen-bond donors (Lipinski definition) is 1. The summed E-state index contributed by atoms with van der Waals surface area (Å²) in [5.74, 6) is 0. The lowest BCUT2D eigenvalue weighted by molar-refractivity contribution is -0.384. The number of amides is 1. The average Bonchev–Trinajstić information content (AvgIpc) is 2.47. The van der Waals surface area contributed by atoms with E-state index >= 15 is 0 Å². The normalized spacial score (nSPS) is 15.8. The zero-order valence-corrected chi connectivity index (χ0v) is 11.2. The zero-order valence-electron chi connectivity index (χ0n) is 11.2. The molecular weight excluding hydrogens is 262 g/mol. The van der Waals surface area contributed by atoms with Crippen LogP contribution in [0.25, 0.3) is 0 Å². The van der Waals surface area contributed by atoms with Gasteiger partial charge in [0.25, 0.3) is 5.69 Å². The SMILES string of the molecule is COC(=O)N1CCC(Nc2ccccc2[N+](=O)[O-])CC1. The summed E-state index contributed by atoms with van der Waals surface area (Å²) in [5, 5.41) is 14.1. The van der Waals surface area contributed by atoms with Crippen molar-refractivity contribution in [3.8, 4) is 0 Å². The summed E-state index contributed by atoms with van der Waals surface area (Å²) < 4.78 is 4.67. The van der Waals surface area contributed by atoms with Crippen LogP contribution in [-0.2, 0) is 4.74 Å². The summed E-state index contributed by atoms with van der Waals surface area (Å²) >= 11 is 0. The molecule has 7 nitrogen and oxygen atoms in total. The molecule has 108 valence electrons. The van der Waals surface area contributed by atoms with Crippen LogP contribution in [0.2, 0.25) is 0 Å². The van der Waals surface area contributed by atoms with Gasteiger partial charge in [-0.25, -0.2) is 4.79 Å². The first kappa shape index (κ1) is 14.1. The molecule has 0 saturated carbocycles. The molecule has 7 heteroatoms. The van der Waals surface area contributed by atoms with Crippen molar-refractivity contribution in [3.63, 3.8) is 0 Å². The lowest BCUT2D eigenvalue weighted by atomic mass is 10.0. The molecule has 2 rings (SSSR count). The van der Waals surface area contributed by atoms with E-state index < -0.39 is 4.92 Å². The number of nitro benzene ring substituents is 1. The van der Waals surface area contributed by atoms with Crippen LogP contribution in [0.5, 0.6) is 0 Å². The molecule has 1 fully saturated rings. The Hall–Kier alpha value is -2.31. The van der Waals surface area contributed by atoms with Crippen molar-refractivity contribution in [2.24, 2.45) is 0 Å². The maximum atomic E-state index is 11.4. The number of carbonyl (C=O) groups excluding carboxylic acids is 1. The number of benzene rings is 1. The lowest BCUT2D eigenvalue weighted by Crippen LogP contribution is -2.42. The van der Waals surface area contributed by atoms with Crippen molar-refractivity contribution in [1.82, 2.24) is 4.90 Å². The Morgan fingerprint density at radius 2 is 2.05 bits per heavy atom. The Labute approximate surface area is 116 Å². The molecule has 1 N–H and O–H groups in total. The molecule has 1 amide bonds. The Morgan fingerprint density at radius 3 is 2.65 bits per heavy atom. The fourth-order valence-corrected chi connectivity index (χ4v) is 2.31. The largest absolute Gasteiger partial charge is 0.453 e. The maximum Gasteiger partial charge on any atom is 0.409 e. The first-order valence-corrected chi connectivity index (χ1v) is 6.44. The molecule has 0 radical (unpaired) electrons. The summed E-state index contributed by atoms with van der Waals surface area (Å²) in [5.41, 5.74) is 0.594. The van der Waals surface area contributed by atoms with Gasteiger partial charge in [-0.05, 0) is 18.9 Å². The van der Waals surface area contributed by atoms with E-state index in [9.17, 15) is 14.9 Å². The van der Waals surface area contributed by atoms with Crippen LogP contribution in [-0.4, -0.2) is 42.2 Å². The molecule has 0 aliphatic carbocycles. The van der Waals surface area contributed by atoms with E-state index in [2.05, 4.69) is 10.1 Å². The fraction of sp³-hybridized carbons (Fsp3) is 0.462. The van der Waals surface area contributed by atoms with E-state index in [1.807, 2.05) is 0 Å². The third-order valence-corrected chi connectivity index (χ3v) is 3.39. The number of methoxy groups -OCH3 is 1. The molecule has 0 atom stereocenters. The molecule has 1 aromatic carbocycles. The number of nitrogens with zero attached hydrogens (tertiary/aromatic N) is 2. The highest BCUT2D eigenvalue weighted by Gasteiger charge is 2.24. The molecule has 1 aliphatic rings. The van der Waals surface area contributed by atoms with Gasteiger partial charge in [0.05, 0.1) is 12.0 Å². The standard InChI is InChI=1S/C13H17N3O4/c1-20-13(17)15-8-6-10(7-9-15)14-11-4-2-3-5-12(11)16(18)19/h2-5,10,14H,6-9H2,1H3. The number of nitrogens with one attached hydrogen (secondary N) is 1. The monoisotopic (exact) mass is 279 g/mol. The second kappa shape index (κ2) is 6.23. The number of ether oxygens (including phenoxy) is 1. The highest BCUT2D eigenvalue weighted by atomic mass is 16.6. The summed E-state index contributed by atoms with van der Waals surface area (Å²) in [7, 11) is 1.36. The Balaban J connectivity index is 1.96. The van der Waals surface area contributed by atoms with Gasteiger partial charge >= 0.3 is 6.09 Å². The van der Waals surface area contributed by atoms with Gasteiger partial charge in [-0.15, -0.1) is 0 Å². The maximum absolute atomic E-state index is 11.4. The fourth-order valence-electron chi connectivity index (χ4n) is 2.31. The van der Waals surface area contributed by atoms with Gasteiger partial charge < -0.3 is 15.0 Å². The number of piperidine rings is 1. The second-order valence-corrected chi connectivity index (χ2v) is 4.65. The number of likely N-dealkylation sites (tertiary alicyclic amines) is 1. The van der Waals surface area contributed by atoms with E-state index in [1.54, 1.807) is 23.1 Å².